The molecule has 0 aromatic heterocycles. The molecule has 0 radical (unpaired) electrons. The lowest BCUT2D eigenvalue weighted by atomic mass is 10.3. The first-order chi connectivity index (χ1) is 12.7. The summed E-state index contributed by atoms with van der Waals surface area (Å²) in [6.45, 7) is 0.672. The lowest BCUT2D eigenvalue weighted by Crippen LogP contribution is -2.35. The summed E-state index contributed by atoms with van der Waals surface area (Å²) in [4.78, 5) is 19.4. The molecule has 162 valence electrons. The zero-order valence-electron chi connectivity index (χ0n) is 16.9. The Balaban J connectivity index is 0.000000391. The van der Waals surface area contributed by atoms with Gasteiger partial charge in [0, 0.05) is 23.5 Å². The van der Waals surface area contributed by atoms with Gasteiger partial charge in [-0.1, -0.05) is 0 Å². The zero-order valence-corrected chi connectivity index (χ0v) is 17.8. The van der Waals surface area contributed by atoms with Crippen molar-refractivity contribution in [3.05, 3.63) is 48.1 Å². The minimum absolute atomic E-state index is 0.639. The van der Waals surface area contributed by atoms with E-state index in [1.807, 2.05) is 24.3 Å². The predicted octanol–water partition coefficient (Wildman–Crippen LogP) is -1.95. The predicted molar refractivity (Wildman–Crippen MR) is 103 cm³/mol. The van der Waals surface area contributed by atoms with Crippen LogP contribution in [0.15, 0.2) is 48.1 Å². The van der Waals surface area contributed by atoms with E-state index in [-0.39, 0.29) is 0 Å². The van der Waals surface area contributed by atoms with Crippen LogP contribution in [0.5, 0.6) is 0 Å². The molecular formula is C17H33N4O6P. The molecule has 11 heteroatoms. The summed E-state index contributed by atoms with van der Waals surface area (Å²) < 4.78 is 15.1. The Hall–Kier alpha value is -1.49. The van der Waals surface area contributed by atoms with Gasteiger partial charge in [-0.05, 0) is 12.2 Å². The fourth-order valence-electron chi connectivity index (χ4n) is 1.74. The number of aliphatic hydroxyl groups is 2. The molecule has 0 fully saturated rings. The van der Waals surface area contributed by atoms with Crippen molar-refractivity contribution in [3.63, 3.8) is 0 Å². The van der Waals surface area contributed by atoms with E-state index >= 15 is 0 Å². The maximum Gasteiger partial charge on any atom is 0.103 e. The highest BCUT2D eigenvalue weighted by atomic mass is 31.2. The molecule has 0 aromatic carbocycles. The number of phosphoric acid groups is 1. The number of likely N-dealkylation sites (N-methyl/N-ethyl adjacent to an activating group) is 2. The molecule has 0 bridgehead atoms. The van der Waals surface area contributed by atoms with E-state index in [1.165, 1.54) is 0 Å². The summed E-state index contributed by atoms with van der Waals surface area (Å²) in [5, 5.41) is 16.6. The van der Waals surface area contributed by atoms with E-state index in [0.29, 0.717) is 0 Å². The summed E-state index contributed by atoms with van der Waals surface area (Å²) in [6.07, 6.45) is 10.8. The first-order valence-corrected chi connectivity index (χ1v) is 10.0. The van der Waals surface area contributed by atoms with E-state index in [9.17, 15) is 14.4 Å². The summed E-state index contributed by atoms with van der Waals surface area (Å²) in [5.74, 6) is 0. The highest BCUT2D eigenvalue weighted by Gasteiger charge is 2.12. The molecule has 0 aromatic rings. The largest absolute Gasteiger partial charge is 0.790 e. The minimum atomic E-state index is -5.00. The molecule has 10 nitrogen and oxygen atoms in total. The smallest absolute Gasteiger partial charge is 0.103 e. The molecule has 0 spiro atoms. The van der Waals surface area contributed by atoms with Crippen LogP contribution in [0.1, 0.15) is 0 Å². The second-order valence-corrected chi connectivity index (χ2v) is 8.69. The van der Waals surface area contributed by atoms with E-state index in [1.54, 1.807) is 0 Å². The number of hydrogen-bond acceptors (Lipinski definition) is 8. The van der Waals surface area contributed by atoms with Gasteiger partial charge < -0.3 is 40.6 Å². The summed E-state index contributed by atoms with van der Waals surface area (Å²) >= 11 is 0. The molecule has 0 aliphatic carbocycles. The topological polar surface area (TPSA) is 165 Å². The molecule has 0 saturated heterocycles. The highest BCUT2D eigenvalue weighted by molar-refractivity contribution is 7.43. The summed E-state index contributed by atoms with van der Waals surface area (Å²) in [6, 6.07) is 0. The number of quaternary nitrogens is 2. The molecule has 1 atom stereocenters. The van der Waals surface area contributed by atoms with Crippen molar-refractivity contribution in [2.45, 2.75) is 6.10 Å². The monoisotopic (exact) mass is 420 g/mol. The normalized spacial score (nSPS) is 20.6. The molecule has 2 rings (SSSR count). The molecule has 0 unspecified atom stereocenters. The van der Waals surface area contributed by atoms with Crippen LogP contribution < -0.4 is 21.3 Å². The van der Waals surface area contributed by atoms with Crippen molar-refractivity contribution in [3.8, 4) is 0 Å². The fourth-order valence-corrected chi connectivity index (χ4v) is 2.10. The fraction of sp³-hybridized carbons (Fsp3) is 0.529. The van der Waals surface area contributed by atoms with E-state index < -0.39 is 27.1 Å². The van der Waals surface area contributed by atoms with Crippen LogP contribution >= 0.6 is 7.82 Å². The number of nitrogens with two attached hydrogens (primary N) is 2. The van der Waals surface area contributed by atoms with Crippen LogP contribution in [0.4, 0.5) is 0 Å². The van der Waals surface area contributed by atoms with Crippen molar-refractivity contribution < 1.29 is 38.1 Å². The van der Waals surface area contributed by atoms with Gasteiger partial charge in [0.15, 0.2) is 0 Å². The van der Waals surface area contributed by atoms with Gasteiger partial charge in [-0.25, -0.2) is 0 Å². The molecule has 6 N–H and O–H groups in total. The second kappa shape index (κ2) is 11.5. The third-order valence-electron chi connectivity index (χ3n) is 3.57. The molecule has 0 saturated carbocycles. The maximum atomic E-state index is 9.71. The zero-order chi connectivity index (χ0) is 22.0. The van der Waals surface area contributed by atoms with Crippen LogP contribution in [-0.2, 0) is 9.09 Å². The lowest BCUT2D eigenvalue weighted by Gasteiger charge is -2.29. The van der Waals surface area contributed by atoms with Gasteiger partial charge in [0.25, 0.3) is 0 Å². The van der Waals surface area contributed by atoms with Crippen LogP contribution in [0, 0.1) is 0 Å². The Morgan fingerprint density at radius 1 is 1.07 bits per heavy atom. The van der Waals surface area contributed by atoms with Crippen molar-refractivity contribution in [1.29, 1.82) is 0 Å². The number of rotatable bonds is 4. The van der Waals surface area contributed by atoms with Crippen molar-refractivity contribution >= 4 is 7.82 Å². The first kappa shape index (κ1) is 26.5. The molecular weight excluding hydrogens is 387 g/mol. The first-order valence-electron chi connectivity index (χ1n) is 8.56. The van der Waals surface area contributed by atoms with Crippen LogP contribution in [0.2, 0.25) is 0 Å². The van der Waals surface area contributed by atoms with E-state index in [4.69, 9.17) is 21.7 Å². The number of aliphatic hydroxyl groups excluding tert-OH is 2. The van der Waals surface area contributed by atoms with E-state index in [0.717, 1.165) is 33.4 Å². The van der Waals surface area contributed by atoms with Gasteiger partial charge in [0.1, 0.15) is 19.2 Å². The van der Waals surface area contributed by atoms with Crippen LogP contribution in [-0.4, -0.2) is 79.8 Å². The lowest BCUT2D eigenvalue weighted by molar-refractivity contribution is -0.833. The molecule has 28 heavy (non-hydrogen) atoms. The Bertz CT molecular complexity index is 612. The summed E-state index contributed by atoms with van der Waals surface area (Å²) in [7, 11) is 3.55. The number of nitrogens with zero attached hydrogens (tertiary/aromatic N) is 2. The van der Waals surface area contributed by atoms with Gasteiger partial charge in [-0.15, -0.1) is 0 Å². The average molecular weight is 420 g/mol. The van der Waals surface area contributed by atoms with Gasteiger partial charge >= 0.3 is 0 Å². The van der Waals surface area contributed by atoms with Gasteiger partial charge in [-0.2, -0.15) is 0 Å². The van der Waals surface area contributed by atoms with Gasteiger partial charge in [0.2, 0.25) is 0 Å². The van der Waals surface area contributed by atoms with E-state index in [2.05, 4.69) is 45.1 Å². The number of phosphoric ester groups is 1. The van der Waals surface area contributed by atoms with Crippen molar-refractivity contribution in [2.24, 2.45) is 11.5 Å². The van der Waals surface area contributed by atoms with Gasteiger partial charge in [0.05, 0.1) is 61.6 Å². The van der Waals surface area contributed by atoms with Crippen molar-refractivity contribution in [2.75, 3.05) is 54.5 Å². The quantitative estimate of drug-likeness (QED) is 0.301. The minimum Gasteiger partial charge on any atom is -0.790 e. The Morgan fingerprint density at radius 3 is 1.68 bits per heavy atom. The second-order valence-electron chi connectivity index (χ2n) is 7.54. The molecule has 2 heterocycles. The number of allylic oxidation sites excluding steroid dienone is 2. The molecule has 2 aliphatic rings. The average Bonchev–Trinajstić information content (AvgIpc) is 2.59. The SMILES string of the molecule is C[N+]1(C)C=CC(N)=CC1.C[N+]1(C)C=CC(N)=CC1.O=P([O-])([O-])OC[C@H](O)CO. The third kappa shape index (κ3) is 14.6. The Morgan fingerprint density at radius 2 is 1.46 bits per heavy atom. The Kier molecular flexibility index (Phi) is 10.9. The summed E-state index contributed by atoms with van der Waals surface area (Å²) in [5.41, 5.74) is 12.8. The maximum absolute atomic E-state index is 9.71. The third-order valence-corrected chi connectivity index (χ3v) is 4.04. The standard InChI is InChI=1S/2C7H13N2.C3H9O6P/c2*1-9(2)5-3-7(8)4-6-9;4-1-3(5)2-9-10(6,7)8/h2*3-5H,6,8H2,1-2H3;3-5H,1-2H2,(H2,6,7,8)/q2*+1;/p-2/t;;3-/m..1/s1. The highest BCUT2D eigenvalue weighted by Crippen LogP contribution is 2.24. The van der Waals surface area contributed by atoms with Crippen LogP contribution in [0.25, 0.3) is 0 Å². The van der Waals surface area contributed by atoms with Crippen LogP contribution in [0.3, 0.4) is 0 Å². The van der Waals surface area contributed by atoms with Gasteiger partial charge in [-0.3, -0.25) is 8.97 Å². The van der Waals surface area contributed by atoms with Crippen molar-refractivity contribution in [1.82, 2.24) is 0 Å². The Labute approximate surface area is 166 Å². The molecule has 0 amide bonds. The number of hydrogen-bond donors (Lipinski definition) is 4. The molecule has 2 aliphatic heterocycles.